The van der Waals surface area contributed by atoms with Crippen molar-refractivity contribution in [1.82, 2.24) is 19.8 Å². The van der Waals surface area contributed by atoms with E-state index in [1.54, 1.807) is 39.8 Å². The number of aryl methyl sites for hydroxylation is 1. The molecule has 57 heavy (non-hydrogen) atoms. The van der Waals surface area contributed by atoms with Crippen molar-refractivity contribution in [3.63, 3.8) is 0 Å². The van der Waals surface area contributed by atoms with Gasteiger partial charge in [0.05, 0.1) is 34.7 Å². The molecule has 2 aliphatic rings. The summed E-state index contributed by atoms with van der Waals surface area (Å²) in [5.41, 5.74) is -2.73. The molecule has 16 nitrogen and oxygen atoms in total. The van der Waals surface area contributed by atoms with Crippen molar-refractivity contribution in [3.8, 4) is 0 Å². The molecule has 0 bridgehead atoms. The van der Waals surface area contributed by atoms with Crippen LogP contribution in [0.1, 0.15) is 86.6 Å². The van der Waals surface area contributed by atoms with E-state index in [4.69, 9.17) is 14.2 Å². The Balaban J connectivity index is 1.91. The number of carbonyl (C=O) groups excluding carboxylic acids is 2. The molecule has 328 valence electrons. The minimum absolute atomic E-state index is 0.0543. The number of ether oxygens (including phenoxy) is 3. The molecule has 0 aliphatic carbocycles. The van der Waals surface area contributed by atoms with Crippen LogP contribution in [0.2, 0.25) is 0 Å². The number of amides is 2. The summed E-state index contributed by atoms with van der Waals surface area (Å²) >= 11 is 0. The van der Waals surface area contributed by atoms with Gasteiger partial charge in [0, 0.05) is 37.6 Å². The average Bonchev–Trinajstić information content (AvgIpc) is 3.12. The Bertz CT molecular complexity index is 1560. The molecular weight excluding hydrogens is 761 g/mol. The predicted molar refractivity (Wildman–Crippen MR) is 213 cm³/mol. The monoisotopic (exact) mass is 830 g/mol. The molecular formula is C40H70N4O12S. The van der Waals surface area contributed by atoms with Crippen LogP contribution in [0.4, 0.5) is 4.79 Å². The first-order chi connectivity index (χ1) is 26.3. The van der Waals surface area contributed by atoms with Gasteiger partial charge in [0.2, 0.25) is 0 Å². The second-order valence-corrected chi connectivity index (χ2v) is 18.9. The molecule has 2 aliphatic heterocycles. The van der Waals surface area contributed by atoms with E-state index in [1.165, 1.54) is 26.0 Å². The van der Waals surface area contributed by atoms with Crippen molar-refractivity contribution in [2.75, 3.05) is 33.7 Å². The van der Waals surface area contributed by atoms with Crippen molar-refractivity contribution in [3.05, 3.63) is 29.8 Å². The zero-order valence-electron chi connectivity index (χ0n) is 35.6. The number of likely N-dealkylation sites (N-methyl/N-ethyl adjacent to an activating group) is 1. The summed E-state index contributed by atoms with van der Waals surface area (Å²) in [5.74, 6) is -3.15. The van der Waals surface area contributed by atoms with Crippen molar-refractivity contribution in [2.24, 2.45) is 17.8 Å². The van der Waals surface area contributed by atoms with Crippen molar-refractivity contribution >= 4 is 22.0 Å². The van der Waals surface area contributed by atoms with Crippen LogP contribution in [0.5, 0.6) is 0 Å². The van der Waals surface area contributed by atoms with Crippen molar-refractivity contribution in [1.29, 1.82) is 0 Å². The smallest absolute Gasteiger partial charge is 0.328 e. The number of aliphatic hydroxyl groups excluding tert-OH is 3. The van der Waals surface area contributed by atoms with E-state index in [2.05, 4.69) is 5.32 Å². The number of aliphatic hydroxyl groups is 5. The lowest BCUT2D eigenvalue weighted by Gasteiger charge is -2.46. The minimum atomic E-state index is -4.10. The van der Waals surface area contributed by atoms with Crippen molar-refractivity contribution in [2.45, 2.75) is 159 Å². The molecule has 17 heteroatoms. The largest absolute Gasteiger partial charge is 0.459 e. The van der Waals surface area contributed by atoms with Crippen molar-refractivity contribution < 1.29 is 57.8 Å². The molecule has 2 fully saturated rings. The van der Waals surface area contributed by atoms with Crippen LogP contribution in [0, 0.1) is 24.7 Å². The number of carbonyl (C=O) groups is 2. The van der Waals surface area contributed by atoms with Gasteiger partial charge in [-0.1, -0.05) is 38.5 Å². The molecule has 2 saturated heterocycles. The van der Waals surface area contributed by atoms with E-state index in [-0.39, 0.29) is 55.4 Å². The van der Waals surface area contributed by atoms with Gasteiger partial charge in [0.25, 0.3) is 10.0 Å². The normalized spacial score (nSPS) is 38.2. The third-order valence-corrected chi connectivity index (χ3v) is 13.1. The van der Waals surface area contributed by atoms with Crippen LogP contribution in [0.15, 0.2) is 29.2 Å². The standard InChI is InChI=1S/C40H70N4O12S/c1-12-31-40(9,51)34(47)28(7)44(19-13-18-41-38(49)42-57(52,53)29-16-14-23(2)15-17-29)22-24(3)21-39(8,50)35(26(5)32(45)27(6)36(48)55-31)56-37-33(46)30(43(10)11)20-25(4)54-37/h14-17,24-28,30-35,37,45-47,50-51H,12-13,18-22H2,1-11H3,(H2,41,42,49)/t24-,25+,26-,27+,28-,30+,31-,32+,33+,34-,35-,37-,39-,40-/m1/s1. The highest BCUT2D eigenvalue weighted by Crippen LogP contribution is 2.37. The van der Waals surface area contributed by atoms with E-state index in [0.29, 0.717) is 12.8 Å². The summed E-state index contributed by atoms with van der Waals surface area (Å²) in [5, 5.41) is 61.4. The number of cyclic esters (lactones) is 1. The van der Waals surface area contributed by atoms with Gasteiger partial charge in [-0.2, -0.15) is 0 Å². The predicted octanol–water partition coefficient (Wildman–Crippen LogP) is 1.73. The Morgan fingerprint density at radius 3 is 2.23 bits per heavy atom. The molecule has 14 atom stereocenters. The molecule has 2 heterocycles. The lowest BCUT2D eigenvalue weighted by Crippen LogP contribution is -2.59. The molecule has 2 amide bonds. The number of nitrogens with one attached hydrogen (secondary N) is 2. The van der Waals surface area contributed by atoms with Crippen LogP contribution in [-0.4, -0.2) is 156 Å². The molecule has 7 N–H and O–H groups in total. The van der Waals surface area contributed by atoms with Gasteiger partial charge >= 0.3 is 12.0 Å². The van der Waals surface area contributed by atoms with Crippen LogP contribution in [0.3, 0.4) is 0 Å². The van der Waals surface area contributed by atoms with Crippen LogP contribution in [0.25, 0.3) is 0 Å². The molecule has 1 aromatic rings. The highest BCUT2D eigenvalue weighted by Gasteiger charge is 2.50. The second-order valence-electron chi connectivity index (χ2n) is 17.2. The van der Waals surface area contributed by atoms with E-state index in [1.807, 2.05) is 49.4 Å². The van der Waals surface area contributed by atoms with E-state index < -0.39 is 87.9 Å². The maximum atomic E-state index is 13.6. The molecule has 0 unspecified atom stereocenters. The SMILES string of the molecule is CC[C@H]1OC(=O)[C@@H](C)[C@@H](O)[C@@H](C)[C@@H](O[C@H]2O[C@@H](C)C[C@H](N(C)C)[C@@H]2O)[C@](C)(O)C[C@@H](C)CN(CCCNC(=O)NS(=O)(=O)c2ccc(C)cc2)[C@H](C)[C@@H](O)[C@]1(C)O. The molecule has 0 spiro atoms. The van der Waals surface area contributed by atoms with Gasteiger partial charge in [0.15, 0.2) is 6.29 Å². The zero-order chi connectivity index (χ0) is 43.2. The highest BCUT2D eigenvalue weighted by molar-refractivity contribution is 7.90. The minimum Gasteiger partial charge on any atom is -0.459 e. The topological polar surface area (TPSA) is 228 Å². The summed E-state index contributed by atoms with van der Waals surface area (Å²) in [6, 6.07) is 4.11. The Labute approximate surface area is 339 Å². The fourth-order valence-corrected chi connectivity index (χ4v) is 9.25. The quantitative estimate of drug-likeness (QED) is 0.132. The molecule has 3 rings (SSSR count). The maximum absolute atomic E-state index is 13.6. The Morgan fingerprint density at radius 1 is 1.04 bits per heavy atom. The summed E-state index contributed by atoms with van der Waals surface area (Å²) in [4.78, 5) is 30.0. The third-order valence-electron chi connectivity index (χ3n) is 11.8. The number of nitrogens with zero attached hydrogens (tertiary/aromatic N) is 2. The third kappa shape index (κ3) is 12.5. The summed E-state index contributed by atoms with van der Waals surface area (Å²) in [6.45, 7) is 15.7. The molecule has 0 saturated carbocycles. The summed E-state index contributed by atoms with van der Waals surface area (Å²) in [7, 11) is -0.415. The average molecular weight is 831 g/mol. The molecule has 0 radical (unpaired) electrons. The van der Waals surface area contributed by atoms with Crippen LogP contribution >= 0.6 is 0 Å². The first-order valence-corrected chi connectivity index (χ1v) is 21.6. The van der Waals surface area contributed by atoms with Crippen LogP contribution < -0.4 is 10.0 Å². The van der Waals surface area contributed by atoms with Gasteiger partial charge in [-0.3, -0.25) is 9.69 Å². The Hall–Kier alpha value is -2.45. The maximum Gasteiger partial charge on any atom is 0.328 e. The number of hydrogen-bond acceptors (Lipinski definition) is 14. The number of sulfonamides is 1. The lowest BCUT2D eigenvalue weighted by atomic mass is 9.78. The molecule has 0 aromatic heterocycles. The number of benzene rings is 1. The van der Waals surface area contributed by atoms with Gasteiger partial charge < -0.3 is 50.0 Å². The van der Waals surface area contributed by atoms with Gasteiger partial charge in [-0.25, -0.2) is 17.9 Å². The highest BCUT2D eigenvalue weighted by atomic mass is 32.2. The number of rotatable bonds is 10. The van der Waals surface area contributed by atoms with Gasteiger partial charge in [-0.05, 0) is 99.4 Å². The van der Waals surface area contributed by atoms with E-state index in [9.17, 15) is 43.5 Å². The fourth-order valence-electron chi connectivity index (χ4n) is 8.32. The zero-order valence-corrected chi connectivity index (χ0v) is 36.4. The number of hydrogen-bond donors (Lipinski definition) is 7. The summed E-state index contributed by atoms with van der Waals surface area (Å²) in [6.07, 6.45) is -6.59. The van der Waals surface area contributed by atoms with E-state index in [0.717, 1.165) is 5.56 Å². The number of esters is 1. The van der Waals surface area contributed by atoms with Gasteiger partial charge in [-0.15, -0.1) is 0 Å². The van der Waals surface area contributed by atoms with E-state index >= 15 is 0 Å². The van der Waals surface area contributed by atoms with Crippen LogP contribution in [-0.2, 0) is 29.0 Å². The Kier molecular flexibility index (Phi) is 17.3. The summed E-state index contributed by atoms with van der Waals surface area (Å²) < 4.78 is 45.8. The Morgan fingerprint density at radius 2 is 1.65 bits per heavy atom. The lowest BCUT2D eigenvalue weighted by molar-refractivity contribution is -0.299. The number of urea groups is 1. The van der Waals surface area contributed by atoms with Gasteiger partial charge in [0.1, 0.15) is 23.9 Å². The first kappa shape index (κ1) is 48.9. The fraction of sp³-hybridized carbons (Fsp3) is 0.800. The molecule has 1 aromatic carbocycles. The first-order valence-electron chi connectivity index (χ1n) is 20.1. The second kappa shape index (κ2) is 20.2.